The van der Waals surface area contributed by atoms with E-state index in [0.717, 1.165) is 26.9 Å². The summed E-state index contributed by atoms with van der Waals surface area (Å²) in [5, 5.41) is 4.17. The number of rotatable bonds is 5. The number of benzene rings is 2. The topological polar surface area (TPSA) is 71.7 Å². The van der Waals surface area contributed by atoms with Crippen molar-refractivity contribution in [3.63, 3.8) is 0 Å². The zero-order chi connectivity index (χ0) is 18.7. The Hall–Kier alpha value is -2.29. The predicted molar refractivity (Wildman–Crippen MR) is 103 cm³/mol. The summed E-state index contributed by atoms with van der Waals surface area (Å²) in [7, 11) is -2.05. The van der Waals surface area contributed by atoms with Crippen LogP contribution in [0.3, 0.4) is 0 Å². The van der Waals surface area contributed by atoms with Crippen molar-refractivity contribution in [3.05, 3.63) is 64.4 Å². The van der Waals surface area contributed by atoms with E-state index >= 15 is 0 Å². The van der Waals surface area contributed by atoms with Gasteiger partial charge in [-0.25, -0.2) is 8.42 Å². The Balaban J connectivity index is 1.88. The molecule has 8 heteroatoms. The molecule has 6 nitrogen and oxygen atoms in total. The molecule has 0 aliphatic heterocycles. The van der Waals surface area contributed by atoms with Crippen LogP contribution < -0.4 is 4.80 Å². The second kappa shape index (κ2) is 7.53. The van der Waals surface area contributed by atoms with Crippen molar-refractivity contribution in [3.8, 4) is 0 Å². The molecule has 0 aliphatic carbocycles. The van der Waals surface area contributed by atoms with E-state index in [9.17, 15) is 13.2 Å². The highest BCUT2D eigenvalue weighted by molar-refractivity contribution is 7.88. The lowest BCUT2D eigenvalue weighted by molar-refractivity contribution is -0.118. The minimum absolute atomic E-state index is 0.273. The first-order valence-electron chi connectivity index (χ1n) is 7.94. The van der Waals surface area contributed by atoms with Gasteiger partial charge in [0, 0.05) is 18.6 Å². The molecule has 0 fully saturated rings. The Bertz CT molecular complexity index is 1110. The largest absolute Gasteiger partial charge is 0.319 e. The number of hydrogen-bond acceptors (Lipinski definition) is 4. The van der Waals surface area contributed by atoms with E-state index < -0.39 is 15.9 Å². The second-order valence-corrected chi connectivity index (χ2v) is 8.94. The van der Waals surface area contributed by atoms with Gasteiger partial charge in [0.1, 0.15) is 0 Å². The molecule has 0 atom stereocenters. The average Bonchev–Trinajstić information content (AvgIpc) is 3.01. The highest BCUT2D eigenvalue weighted by atomic mass is 32.2. The fourth-order valence-corrected chi connectivity index (χ4v) is 3.66. The van der Waals surface area contributed by atoms with Crippen LogP contribution in [0.25, 0.3) is 10.8 Å². The molecule has 1 heterocycles. The fourth-order valence-electron chi connectivity index (χ4n) is 2.57. The molecule has 0 radical (unpaired) electrons. The molecule has 2 aromatic carbocycles. The molecule has 0 saturated carbocycles. The highest BCUT2D eigenvalue weighted by Gasteiger charge is 2.14. The first kappa shape index (κ1) is 18.5. The van der Waals surface area contributed by atoms with Crippen LogP contribution in [-0.4, -0.2) is 43.0 Å². The monoisotopic (exact) mass is 389 g/mol. The van der Waals surface area contributed by atoms with E-state index in [-0.39, 0.29) is 6.54 Å². The van der Waals surface area contributed by atoms with Gasteiger partial charge in [-0.2, -0.15) is 9.30 Å². The molecule has 0 saturated heterocycles. The summed E-state index contributed by atoms with van der Waals surface area (Å²) in [5.74, 6) is -0.493. The molecule has 0 unspecified atom stereocenters. The Morgan fingerprint density at radius 2 is 1.92 bits per heavy atom. The van der Waals surface area contributed by atoms with Gasteiger partial charge >= 0.3 is 0 Å². The van der Waals surface area contributed by atoms with Gasteiger partial charge in [-0.1, -0.05) is 42.5 Å². The molecule has 0 spiro atoms. The predicted octanol–water partition coefficient (Wildman–Crippen LogP) is 2.07. The molecular formula is C18H19N3O3S2. The van der Waals surface area contributed by atoms with Crippen LogP contribution in [0.2, 0.25) is 0 Å². The lowest BCUT2D eigenvalue weighted by Crippen LogP contribution is -2.31. The van der Waals surface area contributed by atoms with E-state index in [1.165, 1.54) is 18.4 Å². The number of thiazole rings is 1. The Kier molecular flexibility index (Phi) is 5.36. The fraction of sp³-hybridized carbons (Fsp3) is 0.222. The van der Waals surface area contributed by atoms with Crippen LogP contribution in [0, 0.1) is 0 Å². The van der Waals surface area contributed by atoms with E-state index in [4.69, 9.17) is 0 Å². The van der Waals surface area contributed by atoms with Crippen molar-refractivity contribution in [2.75, 3.05) is 19.8 Å². The first-order valence-corrected chi connectivity index (χ1v) is 10.7. The average molecular weight is 390 g/mol. The number of nitrogens with zero attached hydrogens (tertiary/aromatic N) is 3. The van der Waals surface area contributed by atoms with Crippen LogP contribution in [0.15, 0.2) is 59.0 Å². The zero-order valence-electron chi connectivity index (χ0n) is 14.5. The summed E-state index contributed by atoms with van der Waals surface area (Å²) in [6.07, 6.45) is 2.94. The molecule has 1 aromatic heterocycles. The van der Waals surface area contributed by atoms with Crippen LogP contribution in [0.1, 0.15) is 5.56 Å². The molecule has 3 rings (SSSR count). The molecule has 1 amide bonds. The smallest absolute Gasteiger partial charge is 0.263 e. The number of carbonyl (C=O) groups is 1. The van der Waals surface area contributed by atoms with Gasteiger partial charge in [0.05, 0.1) is 19.3 Å². The van der Waals surface area contributed by atoms with Crippen molar-refractivity contribution in [1.82, 2.24) is 8.87 Å². The van der Waals surface area contributed by atoms with Gasteiger partial charge in [0.15, 0.2) is 4.80 Å². The second-order valence-electron chi connectivity index (χ2n) is 5.98. The molecule has 136 valence electrons. The van der Waals surface area contributed by atoms with Gasteiger partial charge in [0.25, 0.3) is 5.91 Å². The third-order valence-electron chi connectivity index (χ3n) is 4.02. The summed E-state index contributed by atoms with van der Waals surface area (Å²) in [4.78, 5) is 16.7. The molecule has 0 N–H and O–H groups in total. The van der Waals surface area contributed by atoms with Gasteiger partial charge in [-0.05, 0) is 16.3 Å². The van der Waals surface area contributed by atoms with Crippen LogP contribution >= 0.6 is 11.3 Å². The minimum Gasteiger partial charge on any atom is -0.319 e. The molecule has 3 aromatic rings. The molecular weight excluding hydrogens is 370 g/mol. The van der Waals surface area contributed by atoms with Crippen LogP contribution in [0.4, 0.5) is 0 Å². The van der Waals surface area contributed by atoms with Crippen molar-refractivity contribution in [1.29, 1.82) is 0 Å². The third kappa shape index (κ3) is 4.27. The highest BCUT2D eigenvalue weighted by Crippen LogP contribution is 2.19. The maximum Gasteiger partial charge on any atom is 0.263 e. The SMILES string of the molecule is CN(CC(=O)N=c1sccn1Cc1cccc2ccccc12)S(C)(=O)=O. The number of carbonyl (C=O) groups excluding carboxylic acids is 1. The van der Waals surface area contributed by atoms with Gasteiger partial charge < -0.3 is 4.57 Å². The van der Waals surface area contributed by atoms with Crippen molar-refractivity contribution in [2.24, 2.45) is 4.99 Å². The first-order chi connectivity index (χ1) is 12.3. The summed E-state index contributed by atoms with van der Waals surface area (Å²) in [6, 6.07) is 14.3. The summed E-state index contributed by atoms with van der Waals surface area (Å²) < 4.78 is 25.7. The third-order valence-corrected chi connectivity index (χ3v) is 6.08. The number of fused-ring (bicyclic) bond motifs is 1. The number of aromatic nitrogens is 1. The number of amides is 1. The lowest BCUT2D eigenvalue weighted by Gasteiger charge is -2.11. The standard InChI is InChI=1S/C18H19N3O3S2/c1-20(26(2,23)24)13-17(22)19-18-21(10-11-25-18)12-15-8-5-7-14-6-3-4-9-16(14)15/h3-11H,12-13H2,1-2H3. The number of likely N-dealkylation sites (N-methyl/N-ethyl adjacent to an activating group) is 1. The summed E-state index contributed by atoms with van der Waals surface area (Å²) in [5.41, 5.74) is 1.13. The molecule has 0 aliphatic rings. The maximum atomic E-state index is 12.1. The normalized spacial score (nSPS) is 12.8. The Morgan fingerprint density at radius 3 is 2.69 bits per heavy atom. The van der Waals surface area contributed by atoms with Gasteiger partial charge in [0.2, 0.25) is 10.0 Å². The van der Waals surface area contributed by atoms with Crippen LogP contribution in [0.5, 0.6) is 0 Å². The lowest BCUT2D eigenvalue weighted by atomic mass is 10.0. The van der Waals surface area contributed by atoms with E-state index in [2.05, 4.69) is 29.3 Å². The van der Waals surface area contributed by atoms with E-state index in [0.29, 0.717) is 11.3 Å². The Morgan fingerprint density at radius 1 is 1.19 bits per heavy atom. The van der Waals surface area contributed by atoms with E-state index in [1.54, 1.807) is 0 Å². The Labute approximate surface area is 156 Å². The number of hydrogen-bond donors (Lipinski definition) is 0. The van der Waals surface area contributed by atoms with Gasteiger partial charge in [-0.3, -0.25) is 4.79 Å². The van der Waals surface area contributed by atoms with Crippen molar-refractivity contribution >= 4 is 38.0 Å². The quantitative estimate of drug-likeness (QED) is 0.671. The van der Waals surface area contributed by atoms with Gasteiger partial charge in [-0.15, -0.1) is 11.3 Å². The number of sulfonamides is 1. The van der Waals surface area contributed by atoms with Crippen molar-refractivity contribution in [2.45, 2.75) is 6.54 Å². The summed E-state index contributed by atoms with van der Waals surface area (Å²) in [6.45, 7) is 0.309. The van der Waals surface area contributed by atoms with Crippen LogP contribution in [-0.2, 0) is 21.4 Å². The van der Waals surface area contributed by atoms with E-state index in [1.807, 2.05) is 34.3 Å². The molecule has 26 heavy (non-hydrogen) atoms. The zero-order valence-corrected chi connectivity index (χ0v) is 16.1. The molecule has 0 bridgehead atoms. The minimum atomic E-state index is -3.41. The maximum absolute atomic E-state index is 12.1. The summed E-state index contributed by atoms with van der Waals surface area (Å²) >= 11 is 1.34. The van der Waals surface area contributed by atoms with Crippen molar-refractivity contribution < 1.29 is 13.2 Å².